The Morgan fingerprint density at radius 3 is 2.89 bits per heavy atom. The zero-order valence-electron chi connectivity index (χ0n) is 10.3. The van der Waals surface area contributed by atoms with Crippen molar-refractivity contribution in [3.05, 3.63) is 33.9 Å². The fourth-order valence-corrected chi connectivity index (χ4v) is 1.89. The first-order valence-corrected chi connectivity index (χ1v) is 6.55. The molecular weight excluding hydrogens is 347 g/mol. The Hall–Kier alpha value is -1.24. The molecule has 0 bridgehead atoms. The monoisotopic (exact) mass is 362 g/mol. The summed E-state index contributed by atoms with van der Waals surface area (Å²) in [6, 6.07) is 5.64. The maximum absolute atomic E-state index is 11.1. The van der Waals surface area contributed by atoms with E-state index in [1.54, 1.807) is 20.1 Å². The van der Waals surface area contributed by atoms with Gasteiger partial charge in [-0.3, -0.25) is 0 Å². The molecule has 0 aliphatic rings. The van der Waals surface area contributed by atoms with Gasteiger partial charge in [-0.25, -0.2) is 4.79 Å². The summed E-state index contributed by atoms with van der Waals surface area (Å²) in [5, 5.41) is 0. The van der Waals surface area contributed by atoms with Crippen molar-refractivity contribution in [3.63, 3.8) is 0 Å². The Kier molecular flexibility index (Phi) is 6.56. The number of carbonyl (C=O) groups is 1. The van der Waals surface area contributed by atoms with Crippen LogP contribution in [0.4, 0.5) is 0 Å². The molecule has 0 aromatic heterocycles. The normalized spacial score (nSPS) is 10.4. The van der Waals surface area contributed by atoms with Crippen LogP contribution in [0.25, 0.3) is 0 Å². The first kappa shape index (κ1) is 14.8. The Morgan fingerprint density at radius 2 is 2.22 bits per heavy atom. The average Bonchev–Trinajstić information content (AvgIpc) is 2.36. The smallest absolute Gasteiger partial charge is 0.330 e. The van der Waals surface area contributed by atoms with Gasteiger partial charge in [-0.1, -0.05) is 6.07 Å². The first-order valence-electron chi connectivity index (χ1n) is 5.47. The first-order chi connectivity index (χ1) is 8.69. The molecule has 98 valence electrons. The maximum Gasteiger partial charge on any atom is 0.330 e. The van der Waals surface area contributed by atoms with E-state index >= 15 is 0 Å². The number of para-hydroxylation sites is 1. The summed E-state index contributed by atoms with van der Waals surface area (Å²) in [4.78, 5) is 11.1. The number of rotatable bonds is 6. The molecule has 1 aromatic carbocycles. The molecule has 0 heterocycles. The number of halogens is 1. The Bertz CT molecular complexity index is 429. The van der Waals surface area contributed by atoms with Crippen LogP contribution in [0, 0.1) is 3.57 Å². The molecule has 0 saturated carbocycles. The van der Waals surface area contributed by atoms with E-state index in [-0.39, 0.29) is 12.6 Å². The number of carbonyl (C=O) groups excluding carboxylic acids is 1. The second-order valence-corrected chi connectivity index (χ2v) is 4.40. The molecule has 0 unspecified atom stereocenters. The lowest BCUT2D eigenvalue weighted by molar-refractivity contribution is -0.137. The van der Waals surface area contributed by atoms with Gasteiger partial charge in [0.2, 0.25) is 0 Å². The number of hydrogen-bond acceptors (Lipinski definition) is 4. The van der Waals surface area contributed by atoms with Crippen LogP contribution in [0.15, 0.2) is 30.4 Å². The van der Waals surface area contributed by atoms with Crippen LogP contribution in [0.5, 0.6) is 11.5 Å². The lowest BCUT2D eigenvalue weighted by atomic mass is 10.3. The van der Waals surface area contributed by atoms with Crippen molar-refractivity contribution in [2.24, 2.45) is 0 Å². The van der Waals surface area contributed by atoms with Crippen LogP contribution < -0.4 is 9.47 Å². The zero-order valence-corrected chi connectivity index (χ0v) is 12.5. The predicted molar refractivity (Wildman–Crippen MR) is 77.0 cm³/mol. The van der Waals surface area contributed by atoms with E-state index in [1.807, 2.05) is 18.2 Å². The van der Waals surface area contributed by atoms with Crippen LogP contribution in [0.2, 0.25) is 0 Å². The van der Waals surface area contributed by atoms with Crippen molar-refractivity contribution in [3.8, 4) is 11.5 Å². The fraction of sp³-hybridized carbons (Fsp3) is 0.308. The quantitative estimate of drug-likeness (QED) is 0.444. The largest absolute Gasteiger partial charge is 0.493 e. The molecule has 0 aliphatic carbocycles. The van der Waals surface area contributed by atoms with Gasteiger partial charge >= 0.3 is 5.97 Å². The summed E-state index contributed by atoms with van der Waals surface area (Å²) in [6.45, 7) is 2.42. The molecule has 0 spiro atoms. The van der Waals surface area contributed by atoms with Gasteiger partial charge in [0, 0.05) is 6.08 Å². The maximum atomic E-state index is 11.1. The third-order valence-corrected chi connectivity index (χ3v) is 2.86. The number of esters is 1. The van der Waals surface area contributed by atoms with Crippen molar-refractivity contribution < 1.29 is 19.0 Å². The number of ether oxygens (including phenoxy) is 3. The second-order valence-electron chi connectivity index (χ2n) is 3.24. The lowest BCUT2D eigenvalue weighted by Crippen LogP contribution is -2.02. The molecule has 0 saturated heterocycles. The number of benzene rings is 1. The topological polar surface area (TPSA) is 44.8 Å². The summed E-state index contributed by atoms with van der Waals surface area (Å²) < 4.78 is 16.5. The summed E-state index contributed by atoms with van der Waals surface area (Å²) >= 11 is 2.17. The lowest BCUT2D eigenvalue weighted by Gasteiger charge is -2.10. The molecule has 1 aromatic rings. The highest BCUT2D eigenvalue weighted by Crippen LogP contribution is 2.31. The van der Waals surface area contributed by atoms with Crippen molar-refractivity contribution in [1.82, 2.24) is 0 Å². The van der Waals surface area contributed by atoms with Crippen LogP contribution in [-0.4, -0.2) is 26.3 Å². The fourth-order valence-electron chi connectivity index (χ4n) is 1.26. The third kappa shape index (κ3) is 4.56. The highest BCUT2D eigenvalue weighted by Gasteiger charge is 2.07. The van der Waals surface area contributed by atoms with Gasteiger partial charge in [0.25, 0.3) is 0 Å². The van der Waals surface area contributed by atoms with E-state index in [0.29, 0.717) is 18.1 Å². The molecule has 0 fully saturated rings. The Balaban J connectivity index is 2.56. The van der Waals surface area contributed by atoms with E-state index in [2.05, 4.69) is 22.6 Å². The minimum atomic E-state index is -0.365. The van der Waals surface area contributed by atoms with Crippen LogP contribution >= 0.6 is 22.6 Å². The van der Waals surface area contributed by atoms with E-state index < -0.39 is 0 Å². The van der Waals surface area contributed by atoms with Crippen molar-refractivity contribution in [2.75, 3.05) is 20.3 Å². The van der Waals surface area contributed by atoms with Gasteiger partial charge < -0.3 is 14.2 Å². The van der Waals surface area contributed by atoms with Crippen molar-refractivity contribution >= 4 is 28.6 Å². The molecular formula is C13H15IO4. The number of methoxy groups -OCH3 is 1. The number of hydrogen-bond donors (Lipinski definition) is 0. The SMILES string of the molecule is CCOC(=O)/C=C/COc1c(I)cccc1OC. The Labute approximate surface area is 120 Å². The zero-order chi connectivity index (χ0) is 13.4. The standard InChI is InChI=1S/C13H15IO4/c1-3-17-12(15)8-5-9-18-13-10(14)6-4-7-11(13)16-2/h4-8H,3,9H2,1-2H3/b8-5+. The van der Waals surface area contributed by atoms with Gasteiger partial charge in [-0.05, 0) is 47.7 Å². The van der Waals surface area contributed by atoms with E-state index in [9.17, 15) is 4.79 Å². The minimum absolute atomic E-state index is 0.287. The van der Waals surface area contributed by atoms with Gasteiger partial charge in [-0.15, -0.1) is 0 Å². The molecule has 0 atom stereocenters. The molecule has 4 nitrogen and oxygen atoms in total. The molecule has 0 aliphatic heterocycles. The molecule has 18 heavy (non-hydrogen) atoms. The highest BCUT2D eigenvalue weighted by molar-refractivity contribution is 14.1. The van der Waals surface area contributed by atoms with Crippen LogP contribution in [0.1, 0.15) is 6.92 Å². The summed E-state index contributed by atoms with van der Waals surface area (Å²) in [6.07, 6.45) is 2.96. The van der Waals surface area contributed by atoms with Gasteiger partial charge in [0.15, 0.2) is 11.5 Å². The van der Waals surface area contributed by atoms with Gasteiger partial charge in [0.05, 0.1) is 17.3 Å². The minimum Gasteiger partial charge on any atom is -0.493 e. The molecule has 0 radical (unpaired) electrons. The highest BCUT2D eigenvalue weighted by atomic mass is 127. The van der Waals surface area contributed by atoms with Gasteiger partial charge in [-0.2, -0.15) is 0 Å². The summed E-state index contributed by atoms with van der Waals surface area (Å²) in [5.74, 6) is 0.983. The van der Waals surface area contributed by atoms with E-state index in [0.717, 1.165) is 3.57 Å². The van der Waals surface area contributed by atoms with E-state index in [1.165, 1.54) is 6.08 Å². The van der Waals surface area contributed by atoms with Crippen LogP contribution in [0.3, 0.4) is 0 Å². The molecule has 5 heteroatoms. The molecule has 0 amide bonds. The summed E-state index contributed by atoms with van der Waals surface area (Å²) in [7, 11) is 1.59. The molecule has 0 N–H and O–H groups in total. The Morgan fingerprint density at radius 1 is 1.44 bits per heavy atom. The van der Waals surface area contributed by atoms with Crippen molar-refractivity contribution in [2.45, 2.75) is 6.92 Å². The summed E-state index contributed by atoms with van der Waals surface area (Å²) in [5.41, 5.74) is 0. The van der Waals surface area contributed by atoms with Crippen molar-refractivity contribution in [1.29, 1.82) is 0 Å². The van der Waals surface area contributed by atoms with Crippen LogP contribution in [-0.2, 0) is 9.53 Å². The third-order valence-electron chi connectivity index (χ3n) is 2.02. The predicted octanol–water partition coefficient (Wildman–Crippen LogP) is 2.80. The second kappa shape index (κ2) is 7.97. The average molecular weight is 362 g/mol. The molecule has 1 rings (SSSR count). The van der Waals surface area contributed by atoms with Gasteiger partial charge in [0.1, 0.15) is 6.61 Å². The van der Waals surface area contributed by atoms with E-state index in [4.69, 9.17) is 14.2 Å².